The highest BCUT2D eigenvalue weighted by atomic mass is 19.1. The summed E-state index contributed by atoms with van der Waals surface area (Å²) in [6, 6.07) is 32.1. The molecule has 0 amide bonds. The summed E-state index contributed by atoms with van der Waals surface area (Å²) in [5.74, 6) is 1.01. The first-order chi connectivity index (χ1) is 18.6. The maximum atomic E-state index is 14.8. The van der Waals surface area contributed by atoms with Crippen molar-refractivity contribution in [1.82, 2.24) is 4.98 Å². The fraction of sp³-hybridized carbons (Fsp3) is 0.281. The average Bonchev–Trinajstić information content (AvgIpc) is 2.97. The Hall–Kier alpha value is -3.90. The molecule has 0 spiro atoms. The standard InChI is InChI=1S/C32H33FN2O3/c33-32(19-22-36)17-20-35(21-18-32)28-13-11-27(12-14-28)29-15-16-30(37-23-25-7-3-1-4-8-25)34-31(29)38-24-26-9-5-2-6-10-26/h1-16,36H,17-24H2. The number of nitrogens with zero attached hydrogens (tertiary/aromatic N) is 2. The van der Waals surface area contributed by atoms with Crippen LogP contribution in [0.25, 0.3) is 11.1 Å². The molecule has 0 aliphatic carbocycles. The Labute approximate surface area is 223 Å². The Morgan fingerprint density at radius 1 is 0.763 bits per heavy atom. The lowest BCUT2D eigenvalue weighted by Gasteiger charge is -2.37. The van der Waals surface area contributed by atoms with Crippen LogP contribution in [0.1, 0.15) is 30.4 Å². The van der Waals surface area contributed by atoms with E-state index in [1.165, 1.54) is 0 Å². The molecule has 0 radical (unpaired) electrons. The number of alkyl halides is 1. The molecule has 1 saturated heterocycles. The molecule has 2 heterocycles. The first-order valence-electron chi connectivity index (χ1n) is 13.1. The Morgan fingerprint density at radius 2 is 1.37 bits per heavy atom. The van der Waals surface area contributed by atoms with Gasteiger partial charge in [0.2, 0.25) is 11.8 Å². The van der Waals surface area contributed by atoms with Crippen molar-refractivity contribution in [2.45, 2.75) is 38.1 Å². The Balaban J connectivity index is 1.33. The first-order valence-corrected chi connectivity index (χ1v) is 13.1. The smallest absolute Gasteiger partial charge is 0.225 e. The number of hydrogen-bond donors (Lipinski definition) is 1. The molecule has 0 unspecified atom stereocenters. The Bertz CT molecular complexity index is 1290. The van der Waals surface area contributed by atoms with Gasteiger partial charge in [-0.3, -0.25) is 0 Å². The fourth-order valence-electron chi connectivity index (χ4n) is 4.76. The minimum atomic E-state index is -1.26. The van der Waals surface area contributed by atoms with Gasteiger partial charge in [-0.2, -0.15) is 4.98 Å². The van der Waals surface area contributed by atoms with Gasteiger partial charge in [-0.1, -0.05) is 72.8 Å². The van der Waals surface area contributed by atoms with Crippen LogP contribution in [-0.4, -0.2) is 35.5 Å². The third kappa shape index (κ3) is 6.50. The van der Waals surface area contributed by atoms with Crippen molar-refractivity contribution in [3.63, 3.8) is 0 Å². The summed E-state index contributed by atoms with van der Waals surface area (Å²) < 4.78 is 26.9. The van der Waals surface area contributed by atoms with Crippen molar-refractivity contribution < 1.29 is 19.0 Å². The summed E-state index contributed by atoms with van der Waals surface area (Å²) in [6.45, 7) is 1.98. The van der Waals surface area contributed by atoms with E-state index in [9.17, 15) is 4.39 Å². The predicted molar refractivity (Wildman–Crippen MR) is 148 cm³/mol. The van der Waals surface area contributed by atoms with E-state index < -0.39 is 5.67 Å². The van der Waals surface area contributed by atoms with Gasteiger partial charge in [0.05, 0.1) is 0 Å². The quantitative estimate of drug-likeness (QED) is 0.260. The summed E-state index contributed by atoms with van der Waals surface area (Å²) in [7, 11) is 0. The number of piperidine rings is 1. The number of aliphatic hydroxyl groups excluding tert-OH is 1. The van der Waals surface area contributed by atoms with Gasteiger partial charge in [0.25, 0.3) is 0 Å². The number of anilines is 1. The van der Waals surface area contributed by atoms with E-state index in [1.807, 2.05) is 72.8 Å². The van der Waals surface area contributed by atoms with Gasteiger partial charge in [-0.15, -0.1) is 0 Å². The molecule has 5 nitrogen and oxygen atoms in total. The van der Waals surface area contributed by atoms with E-state index in [2.05, 4.69) is 29.2 Å². The van der Waals surface area contributed by atoms with Crippen molar-refractivity contribution in [3.8, 4) is 22.9 Å². The topological polar surface area (TPSA) is 54.8 Å². The van der Waals surface area contributed by atoms with Crippen LogP contribution in [0.2, 0.25) is 0 Å². The summed E-state index contributed by atoms with van der Waals surface area (Å²) in [5.41, 5.74) is 3.79. The van der Waals surface area contributed by atoms with Crippen LogP contribution in [0.15, 0.2) is 97.1 Å². The second-order valence-corrected chi connectivity index (χ2v) is 9.71. The zero-order valence-electron chi connectivity index (χ0n) is 21.4. The molecule has 38 heavy (non-hydrogen) atoms. The molecular weight excluding hydrogens is 479 g/mol. The maximum absolute atomic E-state index is 14.8. The Kier molecular flexibility index (Phi) is 8.19. The molecular formula is C32H33FN2O3. The monoisotopic (exact) mass is 512 g/mol. The van der Waals surface area contributed by atoms with Crippen molar-refractivity contribution in [2.24, 2.45) is 0 Å². The highest BCUT2D eigenvalue weighted by Gasteiger charge is 2.33. The van der Waals surface area contributed by atoms with Crippen molar-refractivity contribution >= 4 is 5.69 Å². The third-order valence-corrected chi connectivity index (χ3v) is 7.05. The lowest BCUT2D eigenvalue weighted by Crippen LogP contribution is -2.42. The molecule has 0 atom stereocenters. The third-order valence-electron chi connectivity index (χ3n) is 7.05. The molecule has 6 heteroatoms. The highest BCUT2D eigenvalue weighted by molar-refractivity contribution is 5.71. The van der Waals surface area contributed by atoms with Gasteiger partial charge in [0.15, 0.2) is 0 Å². The lowest BCUT2D eigenvalue weighted by molar-refractivity contribution is 0.0866. The number of hydrogen-bond acceptors (Lipinski definition) is 5. The van der Waals surface area contributed by atoms with E-state index in [4.69, 9.17) is 19.6 Å². The fourth-order valence-corrected chi connectivity index (χ4v) is 4.76. The minimum absolute atomic E-state index is 0.107. The highest BCUT2D eigenvalue weighted by Crippen LogP contribution is 2.35. The molecule has 1 aliphatic rings. The predicted octanol–water partition coefficient (Wildman–Crippen LogP) is 6.60. The normalized spacial score (nSPS) is 14.7. The van der Waals surface area contributed by atoms with Gasteiger partial charge in [0.1, 0.15) is 18.9 Å². The van der Waals surface area contributed by atoms with Gasteiger partial charge in [0, 0.05) is 43.4 Å². The van der Waals surface area contributed by atoms with Crippen molar-refractivity contribution in [2.75, 3.05) is 24.6 Å². The van der Waals surface area contributed by atoms with Crippen molar-refractivity contribution in [1.29, 1.82) is 0 Å². The van der Waals surface area contributed by atoms with Crippen LogP contribution in [0, 0.1) is 0 Å². The second-order valence-electron chi connectivity index (χ2n) is 9.71. The maximum Gasteiger partial charge on any atom is 0.225 e. The number of ether oxygens (including phenoxy) is 2. The zero-order valence-corrected chi connectivity index (χ0v) is 21.4. The van der Waals surface area contributed by atoms with E-state index in [-0.39, 0.29) is 13.0 Å². The number of halogens is 1. The van der Waals surface area contributed by atoms with Crippen molar-refractivity contribution in [3.05, 3.63) is 108 Å². The molecule has 196 valence electrons. The lowest BCUT2D eigenvalue weighted by atomic mass is 9.90. The van der Waals surface area contributed by atoms with Crippen LogP contribution in [0.5, 0.6) is 11.8 Å². The van der Waals surface area contributed by atoms with Gasteiger partial charge in [-0.25, -0.2) is 4.39 Å². The molecule has 3 aromatic carbocycles. The molecule has 1 N–H and O–H groups in total. The van der Waals surface area contributed by atoms with E-state index in [1.54, 1.807) is 0 Å². The van der Waals surface area contributed by atoms with Gasteiger partial charge >= 0.3 is 0 Å². The number of aromatic nitrogens is 1. The first kappa shape index (κ1) is 25.7. The van der Waals surface area contributed by atoms with E-state index >= 15 is 0 Å². The van der Waals surface area contributed by atoms with Gasteiger partial charge < -0.3 is 19.5 Å². The van der Waals surface area contributed by atoms with Gasteiger partial charge in [-0.05, 0) is 47.7 Å². The van der Waals surface area contributed by atoms with Crippen LogP contribution in [0.3, 0.4) is 0 Å². The molecule has 0 saturated carbocycles. The number of aliphatic hydroxyl groups is 1. The zero-order chi connectivity index (χ0) is 26.2. The van der Waals surface area contributed by atoms with Crippen LogP contribution >= 0.6 is 0 Å². The average molecular weight is 513 g/mol. The van der Waals surface area contributed by atoms with Crippen LogP contribution in [-0.2, 0) is 13.2 Å². The molecule has 1 aliphatic heterocycles. The summed E-state index contributed by atoms with van der Waals surface area (Å²) in [6.07, 6.45) is 1.08. The molecule has 1 fully saturated rings. The largest absolute Gasteiger partial charge is 0.473 e. The van der Waals surface area contributed by atoms with Crippen LogP contribution < -0.4 is 14.4 Å². The number of benzene rings is 3. The molecule has 4 aromatic rings. The minimum Gasteiger partial charge on any atom is -0.473 e. The van der Waals surface area contributed by atoms with E-state index in [0.717, 1.165) is 27.9 Å². The number of rotatable bonds is 10. The Morgan fingerprint density at radius 3 is 1.97 bits per heavy atom. The SMILES string of the molecule is OCCC1(F)CCN(c2ccc(-c3ccc(OCc4ccccc4)nc3OCc3ccccc3)cc2)CC1. The summed E-state index contributed by atoms with van der Waals surface area (Å²) in [5, 5.41) is 9.15. The van der Waals surface area contributed by atoms with Crippen LogP contribution in [0.4, 0.5) is 10.1 Å². The van der Waals surface area contributed by atoms with E-state index in [0.29, 0.717) is 50.9 Å². The summed E-state index contributed by atoms with van der Waals surface area (Å²) >= 11 is 0. The summed E-state index contributed by atoms with van der Waals surface area (Å²) in [4.78, 5) is 6.91. The molecule has 0 bridgehead atoms. The second kappa shape index (κ2) is 12.1. The number of pyridine rings is 1. The molecule has 1 aromatic heterocycles. The molecule has 5 rings (SSSR count).